The number of likely N-dealkylation sites (tertiary alicyclic amines) is 1. The third-order valence-electron chi connectivity index (χ3n) is 4.30. The lowest BCUT2D eigenvalue weighted by molar-refractivity contribution is -0.00549. The zero-order chi connectivity index (χ0) is 13.5. The van der Waals surface area contributed by atoms with Crippen LogP contribution in [-0.4, -0.2) is 39.1 Å². The Bertz CT molecular complexity index is 610. The molecule has 1 saturated heterocycles. The lowest BCUT2D eigenvalue weighted by Gasteiger charge is -2.26. The van der Waals surface area contributed by atoms with Crippen molar-refractivity contribution in [2.45, 2.75) is 32.2 Å². The second-order valence-electron chi connectivity index (χ2n) is 5.66. The van der Waals surface area contributed by atoms with Gasteiger partial charge in [-0.1, -0.05) is 35.5 Å². The topological polar surface area (TPSA) is 43.2 Å². The highest BCUT2D eigenvalue weighted by Gasteiger charge is 2.39. The number of nitrogens with zero attached hydrogens (tertiary/aromatic N) is 4. The molecule has 2 aliphatic rings. The Balaban J connectivity index is 1.53. The summed E-state index contributed by atoms with van der Waals surface area (Å²) in [5, 5.41) is 8.48. The van der Waals surface area contributed by atoms with Crippen LogP contribution in [-0.2, 0) is 17.9 Å². The fourth-order valence-corrected chi connectivity index (χ4v) is 3.22. The molecule has 0 N–H and O–H groups in total. The van der Waals surface area contributed by atoms with E-state index in [1.165, 1.54) is 5.56 Å². The average Bonchev–Trinajstić information content (AvgIpc) is 3.03. The van der Waals surface area contributed by atoms with Gasteiger partial charge < -0.3 is 4.74 Å². The maximum atomic E-state index is 5.99. The summed E-state index contributed by atoms with van der Waals surface area (Å²) in [4.78, 5) is 2.44. The third kappa shape index (κ3) is 1.94. The van der Waals surface area contributed by atoms with Gasteiger partial charge in [-0.2, -0.15) is 0 Å². The average molecular weight is 270 g/mol. The number of ether oxygens (including phenoxy) is 1. The predicted octanol–water partition coefficient (Wildman–Crippen LogP) is 1.54. The van der Waals surface area contributed by atoms with E-state index in [1.54, 1.807) is 0 Å². The van der Waals surface area contributed by atoms with Crippen LogP contribution >= 0.6 is 0 Å². The Kier molecular flexibility index (Phi) is 2.82. The van der Waals surface area contributed by atoms with E-state index in [9.17, 15) is 0 Å². The molecular formula is C15H18N4O. The molecule has 0 spiro atoms. The molecule has 3 heterocycles. The van der Waals surface area contributed by atoms with Gasteiger partial charge in [0.25, 0.3) is 0 Å². The van der Waals surface area contributed by atoms with Gasteiger partial charge in [-0.15, -0.1) is 5.10 Å². The van der Waals surface area contributed by atoms with Crippen LogP contribution in [0.25, 0.3) is 0 Å². The highest BCUT2D eigenvalue weighted by molar-refractivity contribution is 5.16. The minimum atomic E-state index is 0.243. The van der Waals surface area contributed by atoms with Gasteiger partial charge in [0.2, 0.25) is 0 Å². The number of aryl methyl sites for hydroxylation is 1. The van der Waals surface area contributed by atoms with Gasteiger partial charge in [0, 0.05) is 19.6 Å². The summed E-state index contributed by atoms with van der Waals surface area (Å²) in [6, 6.07) is 10.9. The number of rotatable bonds is 2. The number of aromatic nitrogens is 3. The van der Waals surface area contributed by atoms with E-state index in [2.05, 4.69) is 50.2 Å². The van der Waals surface area contributed by atoms with Crippen molar-refractivity contribution in [3.05, 3.63) is 47.3 Å². The van der Waals surface area contributed by atoms with E-state index in [0.717, 1.165) is 31.0 Å². The number of hydrogen-bond acceptors (Lipinski definition) is 4. The number of fused-ring (bicyclic) bond motifs is 3. The van der Waals surface area contributed by atoms with E-state index in [4.69, 9.17) is 4.74 Å². The van der Waals surface area contributed by atoms with E-state index in [-0.39, 0.29) is 6.10 Å². The summed E-state index contributed by atoms with van der Waals surface area (Å²) < 4.78 is 8.07. The summed E-state index contributed by atoms with van der Waals surface area (Å²) in [5.74, 6) is 0. The lowest BCUT2D eigenvalue weighted by Crippen LogP contribution is -2.32. The molecule has 2 aliphatic heterocycles. The molecule has 1 fully saturated rings. The SMILES string of the molecule is Cc1nnn2c1CO[C@H]1CN(Cc3ccccc3)C[C@@H]12. The van der Waals surface area contributed by atoms with Gasteiger partial charge in [0.1, 0.15) is 0 Å². The van der Waals surface area contributed by atoms with Crippen LogP contribution in [0.3, 0.4) is 0 Å². The van der Waals surface area contributed by atoms with Crippen molar-refractivity contribution in [1.82, 2.24) is 19.9 Å². The normalized spacial score (nSPS) is 25.4. The Morgan fingerprint density at radius 1 is 1.25 bits per heavy atom. The zero-order valence-corrected chi connectivity index (χ0v) is 11.6. The summed E-state index contributed by atoms with van der Waals surface area (Å²) in [5.41, 5.74) is 3.47. The number of benzene rings is 1. The van der Waals surface area contributed by atoms with Crippen molar-refractivity contribution < 1.29 is 4.74 Å². The molecule has 4 rings (SSSR count). The third-order valence-corrected chi connectivity index (χ3v) is 4.30. The van der Waals surface area contributed by atoms with Gasteiger partial charge in [0.05, 0.1) is 30.1 Å². The molecule has 20 heavy (non-hydrogen) atoms. The first-order valence-corrected chi connectivity index (χ1v) is 7.10. The molecule has 5 nitrogen and oxygen atoms in total. The van der Waals surface area contributed by atoms with Crippen molar-refractivity contribution in [1.29, 1.82) is 0 Å². The van der Waals surface area contributed by atoms with E-state index >= 15 is 0 Å². The van der Waals surface area contributed by atoms with Gasteiger partial charge >= 0.3 is 0 Å². The van der Waals surface area contributed by atoms with E-state index < -0.39 is 0 Å². The van der Waals surface area contributed by atoms with Crippen LogP contribution in [0, 0.1) is 6.92 Å². The van der Waals surface area contributed by atoms with Crippen LogP contribution in [0.1, 0.15) is 23.0 Å². The van der Waals surface area contributed by atoms with Gasteiger partial charge in [-0.25, -0.2) is 4.68 Å². The summed E-state index contributed by atoms with van der Waals surface area (Å²) in [6.45, 7) is 5.56. The molecule has 0 saturated carbocycles. The minimum Gasteiger partial charge on any atom is -0.368 e. The van der Waals surface area contributed by atoms with Gasteiger partial charge in [-0.3, -0.25) is 4.90 Å². The summed E-state index contributed by atoms with van der Waals surface area (Å²) in [7, 11) is 0. The predicted molar refractivity (Wildman–Crippen MR) is 74.1 cm³/mol. The van der Waals surface area contributed by atoms with E-state index in [1.807, 2.05) is 6.92 Å². The lowest BCUT2D eigenvalue weighted by atomic mass is 10.1. The van der Waals surface area contributed by atoms with Crippen LogP contribution in [0.15, 0.2) is 30.3 Å². The van der Waals surface area contributed by atoms with Crippen molar-refractivity contribution in [3.63, 3.8) is 0 Å². The first kappa shape index (κ1) is 12.1. The molecule has 0 amide bonds. The van der Waals surface area contributed by atoms with Crippen LogP contribution < -0.4 is 0 Å². The van der Waals surface area contributed by atoms with E-state index in [0.29, 0.717) is 12.6 Å². The molecule has 104 valence electrons. The molecular weight excluding hydrogens is 252 g/mol. The van der Waals surface area contributed by atoms with Crippen LogP contribution in [0.4, 0.5) is 0 Å². The molecule has 0 radical (unpaired) electrons. The number of hydrogen-bond donors (Lipinski definition) is 0. The van der Waals surface area contributed by atoms with Crippen molar-refractivity contribution in [2.75, 3.05) is 13.1 Å². The van der Waals surface area contributed by atoms with Crippen molar-refractivity contribution >= 4 is 0 Å². The molecule has 2 aromatic rings. The fourth-order valence-electron chi connectivity index (χ4n) is 3.22. The monoisotopic (exact) mass is 270 g/mol. The smallest absolute Gasteiger partial charge is 0.0944 e. The van der Waals surface area contributed by atoms with Crippen LogP contribution in [0.2, 0.25) is 0 Å². The van der Waals surface area contributed by atoms with Gasteiger partial charge in [0.15, 0.2) is 0 Å². The summed E-state index contributed by atoms with van der Waals surface area (Å²) >= 11 is 0. The molecule has 1 aromatic carbocycles. The molecule has 1 aromatic heterocycles. The Labute approximate surface area is 118 Å². The summed E-state index contributed by atoms with van der Waals surface area (Å²) in [6.07, 6.45) is 0.243. The Morgan fingerprint density at radius 3 is 2.95 bits per heavy atom. The largest absolute Gasteiger partial charge is 0.368 e. The maximum absolute atomic E-state index is 5.99. The first-order valence-electron chi connectivity index (χ1n) is 7.10. The fraction of sp³-hybridized carbons (Fsp3) is 0.467. The highest BCUT2D eigenvalue weighted by Crippen LogP contribution is 2.31. The Hall–Kier alpha value is -1.72. The first-order chi connectivity index (χ1) is 9.81. The molecule has 0 unspecified atom stereocenters. The standard InChI is InChI=1S/C15H18N4O/c1-11-14-10-20-15-9-18(7-12-5-3-2-4-6-12)8-13(15)19(14)17-16-11/h2-6,13,15H,7-10H2,1H3/t13-,15-/m0/s1. The second kappa shape index (κ2) is 4.68. The maximum Gasteiger partial charge on any atom is 0.0944 e. The van der Waals surface area contributed by atoms with Crippen molar-refractivity contribution in [3.8, 4) is 0 Å². The molecule has 0 aliphatic carbocycles. The van der Waals surface area contributed by atoms with Crippen LogP contribution in [0.5, 0.6) is 0 Å². The molecule has 0 bridgehead atoms. The minimum absolute atomic E-state index is 0.243. The molecule has 5 heteroatoms. The van der Waals surface area contributed by atoms with Gasteiger partial charge in [-0.05, 0) is 12.5 Å². The van der Waals surface area contributed by atoms with Crippen molar-refractivity contribution in [2.24, 2.45) is 0 Å². The molecule has 2 atom stereocenters. The zero-order valence-electron chi connectivity index (χ0n) is 11.6. The quantitative estimate of drug-likeness (QED) is 0.830. The highest BCUT2D eigenvalue weighted by atomic mass is 16.5. The second-order valence-corrected chi connectivity index (χ2v) is 5.66. The Morgan fingerprint density at radius 2 is 2.10 bits per heavy atom.